The lowest BCUT2D eigenvalue weighted by atomic mass is 10.2. The second-order valence-electron chi connectivity index (χ2n) is 3.94. The largest absolute Gasteiger partial charge is 0.396 e. The third-order valence-corrected chi connectivity index (χ3v) is 2.73. The van der Waals surface area contributed by atoms with E-state index in [-0.39, 0.29) is 11.5 Å². The van der Waals surface area contributed by atoms with E-state index in [0.717, 1.165) is 0 Å². The Balaban J connectivity index is 2.25. The Labute approximate surface area is 107 Å². The van der Waals surface area contributed by atoms with Crippen LogP contribution in [0.5, 0.6) is 0 Å². The van der Waals surface area contributed by atoms with E-state index in [2.05, 4.69) is 10.1 Å². The Kier molecular flexibility index (Phi) is 2.38. The van der Waals surface area contributed by atoms with Gasteiger partial charge in [-0.15, -0.1) is 5.10 Å². The highest BCUT2D eigenvalue weighted by atomic mass is 16.6. The van der Waals surface area contributed by atoms with Gasteiger partial charge < -0.3 is 5.73 Å². The minimum Gasteiger partial charge on any atom is -0.396 e. The molecule has 0 radical (unpaired) electrons. The van der Waals surface area contributed by atoms with E-state index >= 15 is 0 Å². The van der Waals surface area contributed by atoms with Gasteiger partial charge in [-0.05, 0) is 18.2 Å². The molecule has 2 heterocycles. The summed E-state index contributed by atoms with van der Waals surface area (Å²) in [5.41, 5.74) is 7.08. The van der Waals surface area contributed by atoms with Gasteiger partial charge in [-0.25, -0.2) is 9.50 Å². The van der Waals surface area contributed by atoms with E-state index in [1.807, 2.05) is 0 Å². The third-order valence-electron chi connectivity index (χ3n) is 2.73. The van der Waals surface area contributed by atoms with Gasteiger partial charge in [-0.3, -0.25) is 10.1 Å². The third kappa shape index (κ3) is 1.77. The smallest absolute Gasteiger partial charge is 0.280 e. The first-order valence-corrected chi connectivity index (χ1v) is 5.51. The summed E-state index contributed by atoms with van der Waals surface area (Å²) >= 11 is 0. The average molecular weight is 255 g/mol. The lowest BCUT2D eigenvalue weighted by molar-refractivity contribution is -0.384. The molecule has 0 fully saturated rings. The Hall–Kier alpha value is -2.96. The van der Waals surface area contributed by atoms with Crippen LogP contribution in [0.15, 0.2) is 42.6 Å². The number of hydrogen-bond acceptors (Lipinski definition) is 5. The average Bonchev–Trinajstić information content (AvgIpc) is 2.84. The van der Waals surface area contributed by atoms with Crippen molar-refractivity contribution in [2.45, 2.75) is 0 Å². The van der Waals surface area contributed by atoms with Gasteiger partial charge in [0.15, 0.2) is 11.5 Å². The molecule has 3 rings (SSSR count). The first-order chi connectivity index (χ1) is 9.16. The standard InChI is InChI=1S/C12H9N5O2/c13-9-5-3-7-16-12(9)14-11(15-16)8-4-1-2-6-10(8)17(18)19/h1-7H,13H2. The van der Waals surface area contributed by atoms with Crippen molar-refractivity contribution >= 4 is 17.0 Å². The molecule has 0 bridgehead atoms. The van der Waals surface area contributed by atoms with Gasteiger partial charge in [0, 0.05) is 12.3 Å². The minimum absolute atomic E-state index is 0.0306. The number of nitrogens with zero attached hydrogens (tertiary/aromatic N) is 4. The van der Waals surface area contributed by atoms with Crippen molar-refractivity contribution in [3.05, 3.63) is 52.7 Å². The number of nitro groups is 1. The monoisotopic (exact) mass is 255 g/mol. The first-order valence-electron chi connectivity index (χ1n) is 5.51. The van der Waals surface area contributed by atoms with E-state index in [1.165, 1.54) is 10.6 Å². The minimum atomic E-state index is -0.454. The van der Waals surface area contributed by atoms with Gasteiger partial charge in [0.25, 0.3) is 5.69 Å². The van der Waals surface area contributed by atoms with Crippen LogP contribution in [0.3, 0.4) is 0 Å². The van der Waals surface area contributed by atoms with Gasteiger partial charge in [0.05, 0.1) is 16.2 Å². The highest BCUT2D eigenvalue weighted by Crippen LogP contribution is 2.27. The molecule has 0 aliphatic heterocycles. The Morgan fingerprint density at radius 2 is 2.00 bits per heavy atom. The summed E-state index contributed by atoms with van der Waals surface area (Å²) in [7, 11) is 0. The van der Waals surface area contributed by atoms with Crippen LogP contribution in [0.25, 0.3) is 17.0 Å². The molecular formula is C12H9N5O2. The number of para-hydroxylation sites is 1. The molecule has 0 aliphatic rings. The van der Waals surface area contributed by atoms with Crippen LogP contribution in [-0.4, -0.2) is 19.5 Å². The fourth-order valence-electron chi connectivity index (χ4n) is 1.86. The van der Waals surface area contributed by atoms with Gasteiger partial charge in [0.2, 0.25) is 0 Å². The molecule has 94 valence electrons. The van der Waals surface area contributed by atoms with Crippen molar-refractivity contribution in [3.63, 3.8) is 0 Å². The maximum absolute atomic E-state index is 11.0. The maximum atomic E-state index is 11.0. The molecule has 2 N–H and O–H groups in total. The molecular weight excluding hydrogens is 246 g/mol. The molecule has 7 heteroatoms. The summed E-state index contributed by atoms with van der Waals surface area (Å²) in [5, 5.41) is 15.2. The fourth-order valence-corrected chi connectivity index (χ4v) is 1.86. The molecule has 7 nitrogen and oxygen atoms in total. The summed E-state index contributed by atoms with van der Waals surface area (Å²) < 4.78 is 1.50. The second-order valence-corrected chi connectivity index (χ2v) is 3.94. The lowest BCUT2D eigenvalue weighted by Gasteiger charge is -1.96. The Morgan fingerprint density at radius 3 is 2.74 bits per heavy atom. The van der Waals surface area contributed by atoms with Crippen LogP contribution in [0.2, 0.25) is 0 Å². The molecule has 0 amide bonds. The molecule has 0 saturated carbocycles. The van der Waals surface area contributed by atoms with E-state index in [1.54, 1.807) is 36.5 Å². The number of pyridine rings is 1. The molecule has 0 atom stereocenters. The van der Waals surface area contributed by atoms with Crippen molar-refractivity contribution in [1.82, 2.24) is 14.6 Å². The van der Waals surface area contributed by atoms with Gasteiger partial charge in [0.1, 0.15) is 0 Å². The zero-order valence-electron chi connectivity index (χ0n) is 9.72. The van der Waals surface area contributed by atoms with Crippen molar-refractivity contribution in [2.24, 2.45) is 0 Å². The van der Waals surface area contributed by atoms with Crippen LogP contribution in [-0.2, 0) is 0 Å². The predicted molar refractivity (Wildman–Crippen MR) is 69.5 cm³/mol. The fraction of sp³-hybridized carbons (Fsp3) is 0. The highest BCUT2D eigenvalue weighted by molar-refractivity contribution is 5.72. The Bertz CT molecular complexity index is 781. The lowest BCUT2D eigenvalue weighted by Crippen LogP contribution is -1.93. The quantitative estimate of drug-likeness (QED) is 0.556. The van der Waals surface area contributed by atoms with E-state index in [0.29, 0.717) is 16.9 Å². The summed E-state index contributed by atoms with van der Waals surface area (Å²) in [5.74, 6) is 0.283. The van der Waals surface area contributed by atoms with Crippen molar-refractivity contribution < 1.29 is 4.92 Å². The molecule has 0 saturated heterocycles. The molecule has 19 heavy (non-hydrogen) atoms. The number of nitrogens with two attached hydrogens (primary N) is 1. The van der Waals surface area contributed by atoms with Gasteiger partial charge in [-0.2, -0.15) is 0 Å². The molecule has 1 aromatic carbocycles. The number of fused-ring (bicyclic) bond motifs is 1. The summed E-state index contributed by atoms with van der Waals surface area (Å²) in [6.07, 6.45) is 1.69. The molecule has 2 aromatic heterocycles. The SMILES string of the molecule is Nc1cccn2nc(-c3ccccc3[N+](=O)[O-])nc12. The summed E-state index contributed by atoms with van der Waals surface area (Å²) in [4.78, 5) is 14.8. The number of benzene rings is 1. The van der Waals surface area contributed by atoms with Crippen LogP contribution >= 0.6 is 0 Å². The number of rotatable bonds is 2. The van der Waals surface area contributed by atoms with Crippen LogP contribution in [0, 0.1) is 10.1 Å². The van der Waals surface area contributed by atoms with Gasteiger partial charge in [-0.1, -0.05) is 12.1 Å². The van der Waals surface area contributed by atoms with Crippen molar-refractivity contribution in [2.75, 3.05) is 5.73 Å². The number of nitro benzene ring substituents is 1. The number of nitrogen functional groups attached to an aromatic ring is 1. The zero-order chi connectivity index (χ0) is 13.4. The Morgan fingerprint density at radius 1 is 1.21 bits per heavy atom. The van der Waals surface area contributed by atoms with Crippen molar-refractivity contribution in [3.8, 4) is 11.4 Å². The van der Waals surface area contributed by atoms with E-state index in [9.17, 15) is 10.1 Å². The number of hydrogen-bond donors (Lipinski definition) is 1. The summed E-state index contributed by atoms with van der Waals surface area (Å²) in [6, 6.07) is 9.78. The second kappa shape index (κ2) is 4.05. The topological polar surface area (TPSA) is 99.3 Å². The van der Waals surface area contributed by atoms with Crippen LogP contribution in [0.1, 0.15) is 0 Å². The number of anilines is 1. The molecule has 3 aromatic rings. The number of aromatic nitrogens is 3. The normalized spacial score (nSPS) is 10.7. The van der Waals surface area contributed by atoms with E-state index < -0.39 is 4.92 Å². The van der Waals surface area contributed by atoms with E-state index in [4.69, 9.17) is 5.73 Å². The van der Waals surface area contributed by atoms with Crippen LogP contribution < -0.4 is 5.73 Å². The highest BCUT2D eigenvalue weighted by Gasteiger charge is 2.18. The predicted octanol–water partition coefficient (Wildman–Crippen LogP) is 1.89. The molecule has 0 unspecified atom stereocenters. The van der Waals surface area contributed by atoms with Gasteiger partial charge >= 0.3 is 0 Å². The van der Waals surface area contributed by atoms with Crippen LogP contribution in [0.4, 0.5) is 11.4 Å². The zero-order valence-corrected chi connectivity index (χ0v) is 9.72. The molecule has 0 spiro atoms. The van der Waals surface area contributed by atoms with Crippen molar-refractivity contribution in [1.29, 1.82) is 0 Å². The summed E-state index contributed by atoms with van der Waals surface area (Å²) in [6.45, 7) is 0. The maximum Gasteiger partial charge on any atom is 0.280 e. The molecule has 0 aliphatic carbocycles. The first kappa shape index (κ1) is 11.1.